The van der Waals surface area contributed by atoms with Crippen molar-refractivity contribution in [3.05, 3.63) is 104 Å². The highest BCUT2D eigenvalue weighted by Gasteiger charge is 2.37. The largest absolute Gasteiger partial charge is 0.342 e. The van der Waals surface area contributed by atoms with E-state index in [0.29, 0.717) is 27.2 Å². The lowest BCUT2D eigenvalue weighted by atomic mass is 10.1. The number of carbonyl (C=O) groups is 3. The Labute approximate surface area is 221 Å². The lowest BCUT2D eigenvalue weighted by molar-refractivity contribution is -0.122. The van der Waals surface area contributed by atoms with E-state index in [1.807, 2.05) is 48.0 Å². The van der Waals surface area contributed by atoms with E-state index in [4.69, 9.17) is 34.8 Å². The van der Waals surface area contributed by atoms with E-state index in [0.717, 1.165) is 26.9 Å². The first-order valence-electron chi connectivity index (χ1n) is 10.9. The predicted octanol–water partition coefficient (Wildman–Crippen LogP) is 6.62. The molecule has 1 N–H and O–H groups in total. The highest BCUT2D eigenvalue weighted by molar-refractivity contribution is 6.40. The van der Waals surface area contributed by atoms with Crippen LogP contribution in [0.4, 0.5) is 10.5 Å². The number of urea groups is 1. The van der Waals surface area contributed by atoms with Crippen LogP contribution in [0.5, 0.6) is 0 Å². The Morgan fingerprint density at radius 2 is 1.69 bits per heavy atom. The lowest BCUT2D eigenvalue weighted by Gasteiger charge is -2.26. The van der Waals surface area contributed by atoms with Crippen LogP contribution >= 0.6 is 34.8 Å². The minimum absolute atomic E-state index is 0.168. The molecule has 0 saturated carbocycles. The van der Waals surface area contributed by atoms with Gasteiger partial charge >= 0.3 is 6.03 Å². The highest BCUT2D eigenvalue weighted by atomic mass is 35.5. The first kappa shape index (κ1) is 24.1. The molecule has 0 atom stereocenters. The quantitative estimate of drug-likeness (QED) is 0.234. The molecule has 1 aliphatic heterocycles. The molecule has 0 spiro atoms. The minimum Gasteiger partial charge on any atom is -0.342 e. The van der Waals surface area contributed by atoms with E-state index >= 15 is 0 Å². The summed E-state index contributed by atoms with van der Waals surface area (Å²) in [6.45, 7) is 2.26. The Morgan fingerprint density at radius 1 is 0.917 bits per heavy atom. The summed E-state index contributed by atoms with van der Waals surface area (Å²) >= 11 is 18.6. The first-order valence-corrected chi connectivity index (χ1v) is 12.1. The molecule has 1 aromatic heterocycles. The van der Waals surface area contributed by atoms with E-state index < -0.39 is 17.8 Å². The number of nitrogens with zero attached hydrogens (tertiary/aromatic N) is 2. The number of hydrogen-bond acceptors (Lipinski definition) is 3. The van der Waals surface area contributed by atoms with Gasteiger partial charge in [0.2, 0.25) is 0 Å². The SMILES string of the molecule is Cc1ccc(N2C(=O)NC(=O)/C(=C\c3cn(Cc4ccc(Cl)cc4Cl)c4ccccc34)C2=O)cc1Cl. The summed E-state index contributed by atoms with van der Waals surface area (Å²) < 4.78 is 1.98. The number of aromatic nitrogens is 1. The number of para-hydroxylation sites is 1. The molecule has 4 amide bonds. The van der Waals surface area contributed by atoms with Gasteiger partial charge in [0.1, 0.15) is 5.57 Å². The number of hydrogen-bond donors (Lipinski definition) is 1. The maximum absolute atomic E-state index is 13.4. The number of carbonyl (C=O) groups excluding carboxylic acids is 3. The number of nitrogens with one attached hydrogen (secondary N) is 1. The number of halogens is 3. The van der Waals surface area contributed by atoms with Crippen molar-refractivity contribution >= 4 is 75.3 Å². The molecule has 9 heteroatoms. The molecule has 4 aromatic rings. The van der Waals surface area contributed by atoms with Crippen LogP contribution in [0.25, 0.3) is 17.0 Å². The topological polar surface area (TPSA) is 71.4 Å². The number of aryl methyl sites for hydroxylation is 1. The molecule has 1 fully saturated rings. The molecule has 0 radical (unpaired) electrons. The second-order valence-electron chi connectivity index (χ2n) is 8.36. The molecule has 5 rings (SSSR count). The molecule has 0 bridgehead atoms. The Balaban J connectivity index is 1.57. The van der Waals surface area contributed by atoms with E-state index in [1.165, 1.54) is 12.1 Å². The van der Waals surface area contributed by atoms with Crippen LogP contribution in [0.3, 0.4) is 0 Å². The Kier molecular flexibility index (Phi) is 6.35. The van der Waals surface area contributed by atoms with Crippen molar-refractivity contribution in [2.45, 2.75) is 13.5 Å². The predicted molar refractivity (Wildman–Crippen MR) is 143 cm³/mol. The van der Waals surface area contributed by atoms with Crippen LogP contribution in [0, 0.1) is 6.92 Å². The van der Waals surface area contributed by atoms with Crippen molar-refractivity contribution in [3.8, 4) is 0 Å². The van der Waals surface area contributed by atoms with Crippen molar-refractivity contribution in [1.82, 2.24) is 9.88 Å². The average molecular weight is 539 g/mol. The zero-order valence-electron chi connectivity index (χ0n) is 18.9. The standard InChI is InChI=1S/C27H18Cl3N3O3/c1-15-6-9-19(12-22(15)29)33-26(35)21(25(34)31-27(33)36)10-17-14-32(24-5-3-2-4-20(17)24)13-16-7-8-18(28)11-23(16)30/h2-12,14H,13H2,1H3,(H,31,34,36)/b21-10+. The summed E-state index contributed by atoms with van der Waals surface area (Å²) in [6.07, 6.45) is 3.34. The number of benzene rings is 3. The fourth-order valence-electron chi connectivity index (χ4n) is 4.12. The van der Waals surface area contributed by atoms with Gasteiger partial charge in [0, 0.05) is 44.3 Å². The number of anilines is 1. The van der Waals surface area contributed by atoms with E-state index in [1.54, 1.807) is 24.3 Å². The molecule has 0 unspecified atom stereocenters. The van der Waals surface area contributed by atoms with Crippen LogP contribution in [0.2, 0.25) is 15.1 Å². The highest BCUT2D eigenvalue weighted by Crippen LogP contribution is 2.30. The zero-order chi connectivity index (χ0) is 25.6. The fourth-order valence-corrected chi connectivity index (χ4v) is 4.77. The van der Waals surface area contributed by atoms with Gasteiger partial charge < -0.3 is 4.57 Å². The summed E-state index contributed by atoms with van der Waals surface area (Å²) in [5.74, 6) is -1.50. The molecule has 1 saturated heterocycles. The van der Waals surface area contributed by atoms with E-state index in [2.05, 4.69) is 5.32 Å². The van der Waals surface area contributed by atoms with Crippen molar-refractivity contribution in [2.75, 3.05) is 4.90 Å². The second-order valence-corrected chi connectivity index (χ2v) is 9.61. The molecular formula is C27H18Cl3N3O3. The number of rotatable bonds is 4. The summed E-state index contributed by atoms with van der Waals surface area (Å²) in [6, 6.07) is 16.9. The summed E-state index contributed by atoms with van der Waals surface area (Å²) in [4.78, 5) is 39.5. The van der Waals surface area contributed by atoms with Gasteiger partial charge in [-0.3, -0.25) is 14.9 Å². The van der Waals surface area contributed by atoms with Crippen LogP contribution in [0.1, 0.15) is 16.7 Å². The van der Waals surface area contributed by atoms with Crippen LogP contribution in [0.15, 0.2) is 72.4 Å². The summed E-state index contributed by atoms with van der Waals surface area (Å²) in [7, 11) is 0. The molecule has 3 aromatic carbocycles. The third-order valence-electron chi connectivity index (χ3n) is 5.99. The molecule has 2 heterocycles. The maximum Gasteiger partial charge on any atom is 0.335 e. The van der Waals surface area contributed by atoms with Crippen molar-refractivity contribution in [1.29, 1.82) is 0 Å². The van der Waals surface area contributed by atoms with Gasteiger partial charge in [-0.15, -0.1) is 0 Å². The Morgan fingerprint density at radius 3 is 2.44 bits per heavy atom. The summed E-state index contributed by atoms with van der Waals surface area (Å²) in [5, 5.41) is 4.56. The molecular weight excluding hydrogens is 521 g/mol. The van der Waals surface area contributed by atoms with Gasteiger partial charge in [-0.2, -0.15) is 0 Å². The Hall–Kier alpha value is -3.58. The molecule has 180 valence electrons. The second kappa shape index (κ2) is 9.47. The Bertz CT molecular complexity index is 1610. The number of fused-ring (bicyclic) bond motifs is 1. The zero-order valence-corrected chi connectivity index (χ0v) is 21.2. The minimum atomic E-state index is -0.832. The summed E-state index contributed by atoms with van der Waals surface area (Å²) in [5.41, 5.74) is 3.29. The van der Waals surface area contributed by atoms with Crippen LogP contribution < -0.4 is 10.2 Å². The number of barbiturate groups is 1. The van der Waals surface area contributed by atoms with E-state index in [-0.39, 0.29) is 11.3 Å². The normalized spacial score (nSPS) is 15.2. The third-order valence-corrected chi connectivity index (χ3v) is 6.98. The van der Waals surface area contributed by atoms with Crippen molar-refractivity contribution < 1.29 is 14.4 Å². The fraction of sp³-hybridized carbons (Fsp3) is 0.0741. The third kappa shape index (κ3) is 4.39. The average Bonchev–Trinajstić information content (AvgIpc) is 3.18. The van der Waals surface area contributed by atoms with Gasteiger partial charge in [0.15, 0.2) is 0 Å². The van der Waals surface area contributed by atoms with Crippen molar-refractivity contribution in [3.63, 3.8) is 0 Å². The molecule has 6 nitrogen and oxygen atoms in total. The van der Waals surface area contributed by atoms with E-state index in [9.17, 15) is 14.4 Å². The molecule has 0 aliphatic carbocycles. The van der Waals surface area contributed by atoms with Gasteiger partial charge in [-0.1, -0.05) is 65.1 Å². The number of amides is 4. The smallest absolute Gasteiger partial charge is 0.335 e. The molecule has 36 heavy (non-hydrogen) atoms. The molecule has 1 aliphatic rings. The monoisotopic (exact) mass is 537 g/mol. The van der Waals surface area contributed by atoms with Crippen LogP contribution in [-0.4, -0.2) is 22.4 Å². The van der Waals surface area contributed by atoms with Gasteiger partial charge in [0.25, 0.3) is 11.8 Å². The lowest BCUT2D eigenvalue weighted by Crippen LogP contribution is -2.54. The van der Waals surface area contributed by atoms with Crippen LogP contribution in [-0.2, 0) is 16.1 Å². The van der Waals surface area contributed by atoms with Gasteiger partial charge in [-0.25, -0.2) is 9.69 Å². The van der Waals surface area contributed by atoms with Crippen molar-refractivity contribution in [2.24, 2.45) is 0 Å². The first-order chi connectivity index (χ1) is 17.2. The van der Waals surface area contributed by atoms with Gasteiger partial charge in [0.05, 0.1) is 5.69 Å². The van der Waals surface area contributed by atoms with Gasteiger partial charge in [-0.05, 0) is 54.5 Å². The maximum atomic E-state index is 13.4. The number of imide groups is 2.